The van der Waals surface area contributed by atoms with Gasteiger partial charge in [0.15, 0.2) is 0 Å². The van der Waals surface area contributed by atoms with Gasteiger partial charge in [-0.25, -0.2) is 0 Å². The van der Waals surface area contributed by atoms with Crippen molar-refractivity contribution >= 4 is 17.2 Å². The number of nitrogens with zero attached hydrogens (tertiary/aromatic N) is 3. The molecule has 2 aromatic heterocycles. The molecular weight excluding hydrogens is 324 g/mol. The fourth-order valence-corrected chi connectivity index (χ4v) is 3.64. The number of aromatic nitrogens is 2. The number of rotatable bonds is 6. The van der Waals surface area contributed by atoms with E-state index in [1.165, 1.54) is 4.88 Å². The quantitative estimate of drug-likeness (QED) is 0.865. The predicted molar refractivity (Wildman–Crippen MR) is 94.0 cm³/mol. The molecule has 24 heavy (non-hydrogen) atoms. The fraction of sp³-hybridized carbons (Fsp3) is 0.529. The number of carbonyl (C=O) groups excluding carboxylic acids is 1. The molecule has 1 fully saturated rings. The molecule has 1 N–H and O–H groups in total. The van der Waals surface area contributed by atoms with Crippen LogP contribution in [0.4, 0.5) is 0 Å². The second-order valence-corrected chi connectivity index (χ2v) is 7.25. The zero-order valence-corrected chi connectivity index (χ0v) is 15.0. The first-order valence-corrected chi connectivity index (χ1v) is 9.14. The fourth-order valence-electron chi connectivity index (χ4n) is 2.91. The number of ether oxygens (including phenoxy) is 1. The maximum Gasteiger partial charge on any atom is 0.234 e. The van der Waals surface area contributed by atoms with E-state index >= 15 is 0 Å². The Hall–Kier alpha value is -1.70. The van der Waals surface area contributed by atoms with Crippen LogP contribution in [0.1, 0.15) is 23.4 Å². The van der Waals surface area contributed by atoms with Crippen LogP contribution in [0.25, 0.3) is 0 Å². The number of nitrogens with one attached hydrogen (secondary N) is 1. The molecule has 0 unspecified atom stereocenters. The summed E-state index contributed by atoms with van der Waals surface area (Å²) in [6.45, 7) is 7.36. The number of amides is 1. The van der Waals surface area contributed by atoms with E-state index in [0.29, 0.717) is 13.2 Å². The lowest BCUT2D eigenvalue weighted by atomic mass is 10.2. The molecule has 1 saturated heterocycles. The normalized spacial score (nSPS) is 20.0. The van der Waals surface area contributed by atoms with Gasteiger partial charge in [-0.1, -0.05) is 6.07 Å². The van der Waals surface area contributed by atoms with Crippen molar-refractivity contribution in [1.82, 2.24) is 20.0 Å². The van der Waals surface area contributed by atoms with Crippen molar-refractivity contribution in [3.05, 3.63) is 40.3 Å². The average Bonchev–Trinajstić information content (AvgIpc) is 3.19. The lowest BCUT2D eigenvalue weighted by molar-refractivity contribution is -0.125. The summed E-state index contributed by atoms with van der Waals surface area (Å²) in [6, 6.07) is 4.11. The largest absolute Gasteiger partial charge is 0.374 e. The Bertz CT molecular complexity index is 655. The first kappa shape index (κ1) is 17.1. The molecule has 0 spiro atoms. The molecule has 6 nitrogen and oxygen atoms in total. The monoisotopic (exact) mass is 348 g/mol. The lowest BCUT2D eigenvalue weighted by Crippen LogP contribution is -2.48. The van der Waals surface area contributed by atoms with Gasteiger partial charge < -0.3 is 10.1 Å². The van der Waals surface area contributed by atoms with E-state index in [1.807, 2.05) is 48.4 Å². The Balaban J connectivity index is 1.47. The molecule has 3 heterocycles. The Morgan fingerprint density at radius 2 is 2.46 bits per heavy atom. The van der Waals surface area contributed by atoms with Crippen molar-refractivity contribution in [3.8, 4) is 0 Å². The third kappa shape index (κ3) is 4.66. The first-order valence-electron chi connectivity index (χ1n) is 8.26. The maximum absolute atomic E-state index is 12.3. The summed E-state index contributed by atoms with van der Waals surface area (Å²) in [5, 5.41) is 9.40. The molecule has 7 heteroatoms. The zero-order chi connectivity index (χ0) is 16.9. The highest BCUT2D eigenvalue weighted by molar-refractivity contribution is 7.10. The second-order valence-electron chi connectivity index (χ2n) is 6.27. The molecule has 1 aliphatic heterocycles. The molecule has 1 aliphatic rings. The van der Waals surface area contributed by atoms with Crippen LogP contribution in [0.5, 0.6) is 0 Å². The molecule has 0 saturated carbocycles. The standard InChI is InChI=1S/C17H24N4O2S/c1-13-8-18-21(9-13)11-15-10-20(5-6-23-15)12-17(22)19-14(2)16-4-3-7-24-16/h3-4,7-9,14-15H,5-6,10-12H2,1-2H3,(H,19,22)/t14-,15+/m0/s1. The minimum Gasteiger partial charge on any atom is -0.374 e. The summed E-state index contributed by atoms with van der Waals surface area (Å²) in [4.78, 5) is 15.6. The summed E-state index contributed by atoms with van der Waals surface area (Å²) < 4.78 is 7.72. The van der Waals surface area contributed by atoms with Gasteiger partial charge in [-0.2, -0.15) is 5.10 Å². The van der Waals surface area contributed by atoms with Crippen LogP contribution < -0.4 is 5.32 Å². The van der Waals surface area contributed by atoms with Crippen LogP contribution >= 0.6 is 11.3 Å². The van der Waals surface area contributed by atoms with Crippen molar-refractivity contribution in [1.29, 1.82) is 0 Å². The van der Waals surface area contributed by atoms with Crippen molar-refractivity contribution < 1.29 is 9.53 Å². The second kappa shape index (κ2) is 7.92. The Labute approximate surface area is 146 Å². The topological polar surface area (TPSA) is 59.4 Å². The molecule has 3 rings (SSSR count). The average molecular weight is 348 g/mol. The van der Waals surface area contributed by atoms with E-state index in [9.17, 15) is 4.79 Å². The molecule has 130 valence electrons. The van der Waals surface area contributed by atoms with Gasteiger partial charge in [0.05, 0.1) is 38.0 Å². The van der Waals surface area contributed by atoms with E-state index in [0.717, 1.165) is 25.2 Å². The summed E-state index contributed by atoms with van der Waals surface area (Å²) >= 11 is 1.66. The zero-order valence-electron chi connectivity index (χ0n) is 14.1. The third-order valence-corrected chi connectivity index (χ3v) is 5.15. The van der Waals surface area contributed by atoms with E-state index in [4.69, 9.17) is 4.74 Å². The molecule has 1 amide bonds. The van der Waals surface area contributed by atoms with E-state index in [-0.39, 0.29) is 18.1 Å². The van der Waals surface area contributed by atoms with Gasteiger partial charge in [0.2, 0.25) is 5.91 Å². The summed E-state index contributed by atoms with van der Waals surface area (Å²) in [5.41, 5.74) is 1.14. The molecule has 0 aromatic carbocycles. The molecule has 0 aliphatic carbocycles. The van der Waals surface area contributed by atoms with Crippen LogP contribution in [0.3, 0.4) is 0 Å². The van der Waals surface area contributed by atoms with Gasteiger partial charge in [0, 0.05) is 24.2 Å². The number of morpholine rings is 1. The van der Waals surface area contributed by atoms with E-state index in [1.54, 1.807) is 11.3 Å². The summed E-state index contributed by atoms with van der Waals surface area (Å²) in [5.74, 6) is 0.0616. The van der Waals surface area contributed by atoms with E-state index < -0.39 is 0 Å². The number of aryl methyl sites for hydroxylation is 1. The van der Waals surface area contributed by atoms with Crippen molar-refractivity contribution in [3.63, 3.8) is 0 Å². The van der Waals surface area contributed by atoms with Gasteiger partial charge in [0.1, 0.15) is 0 Å². The first-order chi connectivity index (χ1) is 11.6. The molecule has 0 radical (unpaired) electrons. The molecule has 2 atom stereocenters. The van der Waals surface area contributed by atoms with Crippen LogP contribution in [0.15, 0.2) is 29.9 Å². The maximum atomic E-state index is 12.3. The van der Waals surface area contributed by atoms with Gasteiger partial charge in [0.25, 0.3) is 0 Å². The van der Waals surface area contributed by atoms with Crippen LogP contribution in [-0.4, -0.2) is 52.9 Å². The number of carbonyl (C=O) groups is 1. The highest BCUT2D eigenvalue weighted by Crippen LogP contribution is 2.18. The van der Waals surface area contributed by atoms with E-state index in [2.05, 4.69) is 15.3 Å². The Morgan fingerprint density at radius 3 is 3.17 bits per heavy atom. The highest BCUT2D eigenvalue weighted by Gasteiger charge is 2.23. The SMILES string of the molecule is Cc1cnn(C[C@H]2CN(CC(=O)N[C@@H](C)c3cccs3)CCO2)c1. The Morgan fingerprint density at radius 1 is 1.58 bits per heavy atom. The van der Waals surface area contributed by atoms with Gasteiger partial charge in [-0.3, -0.25) is 14.4 Å². The van der Waals surface area contributed by atoms with Crippen LogP contribution in [-0.2, 0) is 16.1 Å². The highest BCUT2D eigenvalue weighted by atomic mass is 32.1. The minimum atomic E-state index is 0.0568. The molecule has 0 bridgehead atoms. The predicted octanol–water partition coefficient (Wildman–Crippen LogP) is 1.83. The molecule has 2 aromatic rings. The third-order valence-electron chi connectivity index (χ3n) is 4.09. The van der Waals surface area contributed by atoms with Crippen molar-refractivity contribution in [2.75, 3.05) is 26.2 Å². The number of hydrogen-bond acceptors (Lipinski definition) is 5. The van der Waals surface area contributed by atoms with Crippen molar-refractivity contribution in [2.24, 2.45) is 0 Å². The van der Waals surface area contributed by atoms with Crippen LogP contribution in [0.2, 0.25) is 0 Å². The number of thiophene rings is 1. The lowest BCUT2D eigenvalue weighted by Gasteiger charge is -2.32. The van der Waals surface area contributed by atoms with Crippen molar-refractivity contribution in [2.45, 2.75) is 32.5 Å². The minimum absolute atomic E-state index is 0.0568. The smallest absolute Gasteiger partial charge is 0.234 e. The number of hydrogen-bond donors (Lipinski definition) is 1. The Kier molecular flexibility index (Phi) is 5.65. The van der Waals surface area contributed by atoms with Crippen LogP contribution in [0, 0.1) is 6.92 Å². The molecular formula is C17H24N4O2S. The van der Waals surface area contributed by atoms with Gasteiger partial charge >= 0.3 is 0 Å². The summed E-state index contributed by atoms with van der Waals surface area (Å²) in [6.07, 6.45) is 3.93. The van der Waals surface area contributed by atoms with Gasteiger partial charge in [-0.05, 0) is 30.9 Å². The summed E-state index contributed by atoms with van der Waals surface area (Å²) in [7, 11) is 0. The van der Waals surface area contributed by atoms with Gasteiger partial charge in [-0.15, -0.1) is 11.3 Å².